The van der Waals surface area contributed by atoms with E-state index in [1.54, 1.807) is 0 Å². The summed E-state index contributed by atoms with van der Waals surface area (Å²) in [7, 11) is 0. The third kappa shape index (κ3) is 6.83. The summed E-state index contributed by atoms with van der Waals surface area (Å²) in [6.07, 6.45) is 0. The summed E-state index contributed by atoms with van der Waals surface area (Å²) >= 11 is 10.9. The molecule has 0 aromatic heterocycles. The molecule has 0 heterocycles. The topological polar surface area (TPSA) is 161 Å². The average molecular weight is 467 g/mol. The van der Waals surface area contributed by atoms with E-state index in [-0.39, 0.29) is 38.2 Å². The Morgan fingerprint density at radius 1 is 0.778 bits per heavy atom. The van der Waals surface area contributed by atoms with Crippen molar-refractivity contribution < 1.29 is 46.7 Å². The molecule has 0 spiro atoms. The van der Waals surface area contributed by atoms with Gasteiger partial charge in [0, 0.05) is 29.2 Å². The number of halogens is 2. The first kappa shape index (κ1) is 24.3. The standard InChI is InChI=1S/2C7H4ClNO4.Cu/c2*8-5-2-1-4(7(10)11)3-6(5)9(12)13;/h2*1-3H,(H,10,11);. The van der Waals surface area contributed by atoms with Gasteiger partial charge in [-0.3, -0.25) is 20.2 Å². The molecule has 0 aliphatic carbocycles. The van der Waals surface area contributed by atoms with Crippen LogP contribution < -0.4 is 0 Å². The van der Waals surface area contributed by atoms with E-state index in [2.05, 4.69) is 0 Å². The monoisotopic (exact) mass is 465 g/mol. The average Bonchev–Trinajstić information content (AvgIpc) is 2.55. The Labute approximate surface area is 171 Å². The number of benzene rings is 2. The number of carboxylic acids is 2. The van der Waals surface area contributed by atoms with Gasteiger partial charge < -0.3 is 10.2 Å². The van der Waals surface area contributed by atoms with Crippen molar-refractivity contribution in [3.05, 3.63) is 77.8 Å². The van der Waals surface area contributed by atoms with Crippen molar-refractivity contribution in [3.63, 3.8) is 0 Å². The SMILES string of the molecule is O=C(O)c1ccc(Cl)c([N+](=O)[O-])c1.O=C(O)c1ccc(Cl)c([N+](=O)[O-])c1.[Cu]. The summed E-state index contributed by atoms with van der Waals surface area (Å²) in [6.45, 7) is 0. The third-order valence-electron chi connectivity index (χ3n) is 2.78. The van der Waals surface area contributed by atoms with Crippen LogP contribution in [0.2, 0.25) is 10.0 Å². The molecule has 27 heavy (non-hydrogen) atoms. The van der Waals surface area contributed by atoms with Gasteiger partial charge in [0.2, 0.25) is 0 Å². The van der Waals surface area contributed by atoms with E-state index in [9.17, 15) is 29.8 Å². The fraction of sp³-hybridized carbons (Fsp3) is 0. The summed E-state index contributed by atoms with van der Waals surface area (Å²) in [6, 6.07) is 6.62. The molecule has 0 bridgehead atoms. The quantitative estimate of drug-likeness (QED) is 0.389. The Kier molecular flexibility index (Phi) is 9.38. The molecule has 0 atom stereocenters. The Balaban J connectivity index is 0.000000483. The second kappa shape index (κ2) is 10.4. The summed E-state index contributed by atoms with van der Waals surface area (Å²) in [4.78, 5) is 40.0. The maximum Gasteiger partial charge on any atom is 0.335 e. The second-order valence-corrected chi connectivity index (χ2v) is 5.27. The van der Waals surface area contributed by atoms with Gasteiger partial charge in [0.25, 0.3) is 11.4 Å². The number of nitro groups is 2. The van der Waals surface area contributed by atoms with Crippen molar-refractivity contribution >= 4 is 46.5 Å². The van der Waals surface area contributed by atoms with Gasteiger partial charge in [0.15, 0.2) is 0 Å². The molecule has 0 saturated carbocycles. The van der Waals surface area contributed by atoms with E-state index in [0.29, 0.717) is 0 Å². The molecule has 0 fully saturated rings. The first-order chi connectivity index (χ1) is 12.0. The zero-order chi connectivity index (χ0) is 20.0. The number of hydrogen-bond acceptors (Lipinski definition) is 6. The van der Waals surface area contributed by atoms with Crippen LogP contribution in [-0.2, 0) is 17.1 Å². The van der Waals surface area contributed by atoms with Crippen LogP contribution in [0.4, 0.5) is 11.4 Å². The molecule has 2 N–H and O–H groups in total. The van der Waals surface area contributed by atoms with Crippen LogP contribution in [-0.4, -0.2) is 32.0 Å². The number of carbonyl (C=O) groups is 2. The predicted octanol–water partition coefficient (Wildman–Crippen LogP) is 3.89. The predicted molar refractivity (Wildman–Crippen MR) is 90.1 cm³/mol. The van der Waals surface area contributed by atoms with Crippen molar-refractivity contribution in [1.82, 2.24) is 0 Å². The summed E-state index contributed by atoms with van der Waals surface area (Å²) in [5.41, 5.74) is -1.12. The minimum Gasteiger partial charge on any atom is -0.478 e. The molecular formula is C14H8Cl2CuN2O8. The number of carboxylic acid groups (broad SMARTS) is 2. The maximum atomic E-state index is 10.4. The van der Waals surface area contributed by atoms with E-state index in [0.717, 1.165) is 12.1 Å². The number of aromatic carboxylic acids is 2. The fourth-order valence-corrected chi connectivity index (χ4v) is 1.94. The van der Waals surface area contributed by atoms with Crippen molar-refractivity contribution in [2.45, 2.75) is 0 Å². The molecule has 0 aliphatic rings. The van der Waals surface area contributed by atoms with Gasteiger partial charge in [0.05, 0.1) is 21.0 Å². The maximum absolute atomic E-state index is 10.4. The van der Waals surface area contributed by atoms with E-state index in [1.807, 2.05) is 0 Å². The number of rotatable bonds is 4. The van der Waals surface area contributed by atoms with Crippen LogP contribution >= 0.6 is 23.2 Å². The summed E-state index contributed by atoms with van der Waals surface area (Å²) in [5.74, 6) is -2.44. The zero-order valence-electron chi connectivity index (χ0n) is 12.8. The van der Waals surface area contributed by atoms with E-state index < -0.39 is 33.2 Å². The van der Waals surface area contributed by atoms with E-state index >= 15 is 0 Å². The molecule has 2 aromatic carbocycles. The minimum atomic E-state index is -1.22. The number of nitrogens with zero attached hydrogens (tertiary/aromatic N) is 2. The molecule has 1 radical (unpaired) electrons. The molecular weight excluding hydrogens is 459 g/mol. The summed E-state index contributed by atoms with van der Waals surface area (Å²) in [5, 5.41) is 37.5. The molecule has 147 valence electrons. The van der Waals surface area contributed by atoms with Crippen LogP contribution in [0.15, 0.2) is 36.4 Å². The Hall–Kier alpha value is -2.72. The van der Waals surface area contributed by atoms with Crippen LogP contribution in [0.25, 0.3) is 0 Å². The minimum absolute atomic E-state index is 0. The Bertz CT molecular complexity index is 833. The van der Waals surface area contributed by atoms with Gasteiger partial charge in [-0.15, -0.1) is 0 Å². The molecule has 10 nitrogen and oxygen atoms in total. The van der Waals surface area contributed by atoms with Gasteiger partial charge >= 0.3 is 11.9 Å². The van der Waals surface area contributed by atoms with Gasteiger partial charge in [-0.25, -0.2) is 9.59 Å². The largest absolute Gasteiger partial charge is 0.478 e. The summed E-state index contributed by atoms with van der Waals surface area (Å²) < 4.78 is 0. The van der Waals surface area contributed by atoms with Crippen molar-refractivity contribution in [2.75, 3.05) is 0 Å². The molecule has 0 aliphatic heterocycles. The first-order valence-corrected chi connectivity index (χ1v) is 7.14. The second-order valence-electron chi connectivity index (χ2n) is 4.46. The van der Waals surface area contributed by atoms with Gasteiger partial charge in [-0.05, 0) is 24.3 Å². The van der Waals surface area contributed by atoms with Crippen LogP contribution in [0.1, 0.15) is 20.7 Å². The van der Waals surface area contributed by atoms with Crippen LogP contribution in [0.5, 0.6) is 0 Å². The van der Waals surface area contributed by atoms with E-state index in [1.165, 1.54) is 24.3 Å². The van der Waals surface area contributed by atoms with Crippen LogP contribution in [0, 0.1) is 20.2 Å². The molecule has 0 saturated heterocycles. The van der Waals surface area contributed by atoms with Crippen molar-refractivity contribution in [1.29, 1.82) is 0 Å². The molecule has 2 aromatic rings. The zero-order valence-corrected chi connectivity index (χ0v) is 15.2. The van der Waals surface area contributed by atoms with Crippen LogP contribution in [0.3, 0.4) is 0 Å². The third-order valence-corrected chi connectivity index (χ3v) is 3.42. The molecule has 0 unspecified atom stereocenters. The van der Waals surface area contributed by atoms with Gasteiger partial charge in [-0.1, -0.05) is 23.2 Å². The van der Waals surface area contributed by atoms with Crippen molar-refractivity contribution in [3.8, 4) is 0 Å². The first-order valence-electron chi connectivity index (χ1n) is 6.39. The Morgan fingerprint density at radius 2 is 1.07 bits per heavy atom. The fourth-order valence-electron chi connectivity index (χ4n) is 1.57. The molecule has 2 rings (SSSR count). The van der Waals surface area contributed by atoms with Gasteiger partial charge in [0.1, 0.15) is 10.0 Å². The number of nitro benzene ring substituents is 2. The van der Waals surface area contributed by atoms with Gasteiger partial charge in [-0.2, -0.15) is 0 Å². The van der Waals surface area contributed by atoms with E-state index in [4.69, 9.17) is 33.4 Å². The molecule has 13 heteroatoms. The normalized spacial score (nSPS) is 9.26. The smallest absolute Gasteiger partial charge is 0.335 e. The molecule has 0 amide bonds. The van der Waals surface area contributed by atoms with Crippen molar-refractivity contribution in [2.24, 2.45) is 0 Å². The Morgan fingerprint density at radius 3 is 1.30 bits per heavy atom. The number of hydrogen-bond donors (Lipinski definition) is 2.